The van der Waals surface area contributed by atoms with E-state index in [4.69, 9.17) is 0 Å². The van der Waals surface area contributed by atoms with Crippen LogP contribution in [0.4, 0.5) is 5.69 Å². The molecule has 7 heteroatoms. The topological polar surface area (TPSA) is 75.5 Å². The van der Waals surface area contributed by atoms with Gasteiger partial charge < -0.3 is 10.2 Å². The molecule has 0 saturated carbocycles. The quantitative estimate of drug-likeness (QED) is 0.660. The Bertz CT molecular complexity index is 540. The number of non-ortho nitro benzene ring substituents is 1. The summed E-state index contributed by atoms with van der Waals surface area (Å²) in [5, 5.41) is 14.2. The number of nitrogens with zero attached hydrogens (tertiary/aromatic N) is 2. The minimum absolute atomic E-state index is 0.0761. The van der Waals surface area contributed by atoms with Crippen molar-refractivity contribution in [2.45, 2.75) is 25.9 Å². The van der Waals surface area contributed by atoms with Gasteiger partial charge in [0.1, 0.15) is 0 Å². The Morgan fingerprint density at radius 2 is 2.00 bits per heavy atom. The third kappa shape index (κ3) is 3.16. The van der Waals surface area contributed by atoms with Crippen molar-refractivity contribution >= 4 is 27.5 Å². The lowest BCUT2D eigenvalue weighted by atomic mass is 10.1. The van der Waals surface area contributed by atoms with Crippen LogP contribution in [0.2, 0.25) is 0 Å². The van der Waals surface area contributed by atoms with Gasteiger partial charge in [-0.1, -0.05) is 0 Å². The Kier molecular flexibility index (Phi) is 4.39. The number of halogens is 1. The lowest BCUT2D eigenvalue weighted by Gasteiger charge is -2.36. The molecule has 1 fully saturated rings. The molecule has 0 aromatic heterocycles. The zero-order valence-electron chi connectivity index (χ0n) is 11.3. The summed E-state index contributed by atoms with van der Waals surface area (Å²) in [6.45, 7) is 5.22. The highest BCUT2D eigenvalue weighted by atomic mass is 79.9. The highest BCUT2D eigenvalue weighted by Gasteiger charge is 2.27. The van der Waals surface area contributed by atoms with Crippen LogP contribution in [0.25, 0.3) is 0 Å². The van der Waals surface area contributed by atoms with E-state index in [1.54, 1.807) is 11.0 Å². The van der Waals surface area contributed by atoms with Gasteiger partial charge >= 0.3 is 0 Å². The molecule has 2 atom stereocenters. The first kappa shape index (κ1) is 14.9. The second-order valence-electron chi connectivity index (χ2n) is 5.10. The van der Waals surface area contributed by atoms with Gasteiger partial charge in [-0.05, 0) is 35.8 Å². The van der Waals surface area contributed by atoms with Crippen molar-refractivity contribution in [3.05, 3.63) is 38.3 Å². The third-order valence-corrected chi connectivity index (χ3v) is 3.93. The first-order chi connectivity index (χ1) is 9.38. The van der Waals surface area contributed by atoms with E-state index < -0.39 is 4.92 Å². The van der Waals surface area contributed by atoms with Gasteiger partial charge in [0.05, 0.1) is 10.5 Å². The zero-order valence-corrected chi connectivity index (χ0v) is 12.9. The minimum Gasteiger partial charge on any atom is -0.336 e. The highest BCUT2D eigenvalue weighted by molar-refractivity contribution is 9.10. The summed E-state index contributed by atoms with van der Waals surface area (Å²) in [5.74, 6) is -0.180. The maximum Gasteiger partial charge on any atom is 0.270 e. The van der Waals surface area contributed by atoms with Crippen LogP contribution in [0.5, 0.6) is 0 Å². The first-order valence-corrected chi connectivity index (χ1v) is 7.17. The minimum atomic E-state index is -0.494. The number of amides is 1. The summed E-state index contributed by atoms with van der Waals surface area (Å²) in [6.07, 6.45) is 0. The number of nitrogens with one attached hydrogen (secondary N) is 1. The van der Waals surface area contributed by atoms with E-state index in [-0.39, 0.29) is 23.7 Å². The van der Waals surface area contributed by atoms with Crippen LogP contribution in [0, 0.1) is 10.1 Å². The molecule has 108 valence electrons. The van der Waals surface area contributed by atoms with Crippen molar-refractivity contribution < 1.29 is 9.72 Å². The summed E-state index contributed by atoms with van der Waals surface area (Å²) >= 11 is 3.29. The largest absolute Gasteiger partial charge is 0.336 e. The van der Waals surface area contributed by atoms with Crippen LogP contribution in [-0.2, 0) is 0 Å². The van der Waals surface area contributed by atoms with E-state index >= 15 is 0 Å². The van der Waals surface area contributed by atoms with Crippen LogP contribution < -0.4 is 5.32 Å². The fraction of sp³-hybridized carbons (Fsp3) is 0.462. The molecule has 20 heavy (non-hydrogen) atoms. The summed E-state index contributed by atoms with van der Waals surface area (Å²) in [6, 6.07) is 4.66. The first-order valence-electron chi connectivity index (χ1n) is 6.37. The van der Waals surface area contributed by atoms with Gasteiger partial charge in [0, 0.05) is 41.8 Å². The van der Waals surface area contributed by atoms with Crippen LogP contribution in [0.3, 0.4) is 0 Å². The number of carbonyl (C=O) groups is 1. The molecule has 1 heterocycles. The van der Waals surface area contributed by atoms with Crippen molar-refractivity contribution in [1.82, 2.24) is 10.2 Å². The Morgan fingerprint density at radius 1 is 1.40 bits per heavy atom. The van der Waals surface area contributed by atoms with Gasteiger partial charge in [-0.3, -0.25) is 14.9 Å². The predicted molar refractivity (Wildman–Crippen MR) is 78.8 cm³/mol. The average Bonchev–Trinajstić information content (AvgIpc) is 2.37. The lowest BCUT2D eigenvalue weighted by Crippen LogP contribution is -2.55. The van der Waals surface area contributed by atoms with Gasteiger partial charge in [-0.25, -0.2) is 0 Å². The van der Waals surface area contributed by atoms with Crippen LogP contribution >= 0.6 is 15.9 Å². The summed E-state index contributed by atoms with van der Waals surface area (Å²) < 4.78 is 0.576. The van der Waals surface area contributed by atoms with Crippen molar-refractivity contribution in [1.29, 1.82) is 0 Å². The Morgan fingerprint density at radius 3 is 2.55 bits per heavy atom. The zero-order chi connectivity index (χ0) is 14.9. The highest BCUT2D eigenvalue weighted by Crippen LogP contribution is 2.24. The number of piperazine rings is 1. The summed E-state index contributed by atoms with van der Waals surface area (Å²) in [4.78, 5) is 24.6. The fourth-order valence-corrected chi connectivity index (χ4v) is 2.87. The predicted octanol–water partition coefficient (Wildman–Crippen LogP) is 2.18. The van der Waals surface area contributed by atoms with Gasteiger partial charge in [0.25, 0.3) is 11.6 Å². The average molecular weight is 342 g/mol. The second-order valence-corrected chi connectivity index (χ2v) is 5.95. The SMILES string of the molecule is CC1CN(C(=O)c2cc([N+](=O)[O-])ccc2Br)CC(C)N1. The molecular weight excluding hydrogens is 326 g/mol. The van der Waals surface area contributed by atoms with E-state index in [0.29, 0.717) is 23.1 Å². The molecule has 0 aliphatic carbocycles. The third-order valence-electron chi connectivity index (χ3n) is 3.24. The molecule has 1 aromatic rings. The molecule has 1 aliphatic heterocycles. The van der Waals surface area contributed by atoms with Crippen molar-refractivity contribution in [2.24, 2.45) is 0 Å². The molecule has 0 bridgehead atoms. The Balaban J connectivity index is 2.28. The monoisotopic (exact) mass is 341 g/mol. The molecule has 0 spiro atoms. The Labute approximate surface area is 125 Å². The molecule has 2 unspecified atom stereocenters. The van der Waals surface area contributed by atoms with E-state index in [9.17, 15) is 14.9 Å². The maximum absolute atomic E-state index is 12.5. The van der Waals surface area contributed by atoms with Gasteiger partial charge in [0.15, 0.2) is 0 Å². The van der Waals surface area contributed by atoms with Crippen molar-refractivity contribution in [2.75, 3.05) is 13.1 Å². The van der Waals surface area contributed by atoms with Crippen molar-refractivity contribution in [3.8, 4) is 0 Å². The van der Waals surface area contributed by atoms with Gasteiger partial charge in [-0.2, -0.15) is 0 Å². The molecule has 1 aliphatic rings. The van der Waals surface area contributed by atoms with E-state index in [2.05, 4.69) is 21.2 Å². The second kappa shape index (κ2) is 5.88. The van der Waals surface area contributed by atoms with Crippen molar-refractivity contribution in [3.63, 3.8) is 0 Å². The van der Waals surface area contributed by atoms with E-state index in [0.717, 1.165) is 0 Å². The standard InChI is InChI=1S/C13H16BrN3O3/c1-8-6-16(7-9(2)15-8)13(18)11-5-10(17(19)20)3-4-12(11)14/h3-5,8-9,15H,6-7H2,1-2H3. The molecule has 2 rings (SSSR count). The molecule has 1 amide bonds. The van der Waals surface area contributed by atoms with E-state index in [1.165, 1.54) is 12.1 Å². The molecule has 6 nitrogen and oxygen atoms in total. The summed E-state index contributed by atoms with van der Waals surface area (Å²) in [5.41, 5.74) is 0.258. The molecule has 1 aromatic carbocycles. The maximum atomic E-state index is 12.5. The number of hydrogen-bond acceptors (Lipinski definition) is 4. The van der Waals surface area contributed by atoms with Crippen LogP contribution in [0.15, 0.2) is 22.7 Å². The summed E-state index contributed by atoms with van der Waals surface area (Å²) in [7, 11) is 0. The van der Waals surface area contributed by atoms with Crippen LogP contribution in [0.1, 0.15) is 24.2 Å². The van der Waals surface area contributed by atoms with Gasteiger partial charge in [-0.15, -0.1) is 0 Å². The van der Waals surface area contributed by atoms with Crippen LogP contribution in [-0.4, -0.2) is 40.9 Å². The molecule has 1 N–H and O–H groups in total. The number of rotatable bonds is 2. The fourth-order valence-electron chi connectivity index (χ4n) is 2.45. The number of hydrogen-bond donors (Lipinski definition) is 1. The van der Waals surface area contributed by atoms with Gasteiger partial charge in [0.2, 0.25) is 0 Å². The molecular formula is C13H16BrN3O3. The normalized spacial score (nSPS) is 22.6. The lowest BCUT2D eigenvalue weighted by molar-refractivity contribution is -0.384. The van der Waals surface area contributed by atoms with E-state index in [1.807, 2.05) is 13.8 Å². The smallest absolute Gasteiger partial charge is 0.270 e. The number of benzene rings is 1. The molecule has 0 radical (unpaired) electrons. The number of nitro benzene ring substituents is 1. The molecule has 1 saturated heterocycles. The Hall–Kier alpha value is -1.47. The number of carbonyl (C=O) groups excluding carboxylic acids is 1. The number of nitro groups is 1.